The van der Waals surface area contributed by atoms with Gasteiger partial charge >= 0.3 is 0 Å². The van der Waals surface area contributed by atoms with Gasteiger partial charge in [-0.15, -0.1) is 0 Å². The first-order chi connectivity index (χ1) is 7.18. The van der Waals surface area contributed by atoms with Crippen LogP contribution in [0.15, 0.2) is 22.7 Å². The van der Waals surface area contributed by atoms with Gasteiger partial charge in [-0.1, -0.05) is 27.5 Å². The van der Waals surface area contributed by atoms with Gasteiger partial charge in [0.25, 0.3) is 0 Å². The Hall–Kier alpha value is -0.0900. The standard InChI is InChI=1S/C11H13BrClNO/c12-7-3-4-9(13)8(6-7)11(15)10-2-1-5-14-10/h3-4,6,10-11,14-15H,1-2,5H2. The predicted molar refractivity (Wildman–Crippen MR) is 65.1 cm³/mol. The SMILES string of the molecule is OC(c1cc(Br)ccc1Cl)C1CCCN1. The van der Waals surface area contributed by atoms with Crippen molar-refractivity contribution >= 4 is 27.5 Å². The van der Waals surface area contributed by atoms with Gasteiger partial charge < -0.3 is 10.4 Å². The van der Waals surface area contributed by atoms with Crippen LogP contribution in [0.5, 0.6) is 0 Å². The lowest BCUT2D eigenvalue weighted by atomic mass is 10.0. The van der Waals surface area contributed by atoms with Gasteiger partial charge in [0.05, 0.1) is 6.10 Å². The van der Waals surface area contributed by atoms with E-state index in [0.717, 1.165) is 29.4 Å². The van der Waals surface area contributed by atoms with Gasteiger partial charge in [0, 0.05) is 21.1 Å². The Kier molecular flexibility index (Phi) is 3.67. The van der Waals surface area contributed by atoms with E-state index in [4.69, 9.17) is 11.6 Å². The molecule has 2 N–H and O–H groups in total. The van der Waals surface area contributed by atoms with Crippen LogP contribution in [0.2, 0.25) is 5.02 Å². The molecule has 0 spiro atoms. The molecular weight excluding hydrogens is 277 g/mol. The second-order valence-electron chi connectivity index (χ2n) is 3.81. The summed E-state index contributed by atoms with van der Waals surface area (Å²) in [6.07, 6.45) is 1.61. The molecule has 15 heavy (non-hydrogen) atoms. The largest absolute Gasteiger partial charge is 0.387 e. The highest BCUT2D eigenvalue weighted by Gasteiger charge is 2.25. The van der Waals surface area contributed by atoms with Crippen molar-refractivity contribution in [3.63, 3.8) is 0 Å². The van der Waals surface area contributed by atoms with E-state index in [9.17, 15) is 5.11 Å². The minimum Gasteiger partial charge on any atom is -0.387 e. The van der Waals surface area contributed by atoms with Gasteiger partial charge in [-0.2, -0.15) is 0 Å². The van der Waals surface area contributed by atoms with Gasteiger partial charge in [0.15, 0.2) is 0 Å². The smallest absolute Gasteiger partial charge is 0.0957 e. The zero-order valence-corrected chi connectivity index (χ0v) is 10.6. The summed E-state index contributed by atoms with van der Waals surface area (Å²) in [7, 11) is 0. The highest BCUT2D eigenvalue weighted by molar-refractivity contribution is 9.10. The minimum absolute atomic E-state index is 0.136. The van der Waals surface area contributed by atoms with Gasteiger partial charge in [0.2, 0.25) is 0 Å². The van der Waals surface area contributed by atoms with Crippen molar-refractivity contribution in [1.82, 2.24) is 5.32 Å². The fourth-order valence-corrected chi connectivity index (χ4v) is 2.55. The van der Waals surface area contributed by atoms with E-state index in [2.05, 4.69) is 21.2 Å². The summed E-state index contributed by atoms with van der Waals surface area (Å²) in [5, 5.41) is 14.1. The number of hydrogen-bond acceptors (Lipinski definition) is 2. The lowest BCUT2D eigenvalue weighted by Crippen LogP contribution is -2.28. The van der Waals surface area contributed by atoms with E-state index in [1.807, 2.05) is 12.1 Å². The number of nitrogens with one attached hydrogen (secondary N) is 1. The van der Waals surface area contributed by atoms with Crippen LogP contribution >= 0.6 is 27.5 Å². The molecule has 2 nitrogen and oxygen atoms in total. The second kappa shape index (κ2) is 4.83. The highest BCUT2D eigenvalue weighted by Crippen LogP contribution is 2.30. The Bertz CT molecular complexity index is 352. The number of halogens is 2. The molecule has 1 heterocycles. The maximum absolute atomic E-state index is 10.2. The summed E-state index contributed by atoms with van der Waals surface area (Å²) >= 11 is 9.44. The molecular formula is C11H13BrClNO. The Morgan fingerprint density at radius 1 is 1.53 bits per heavy atom. The summed E-state index contributed by atoms with van der Waals surface area (Å²) in [5.74, 6) is 0. The van der Waals surface area contributed by atoms with E-state index < -0.39 is 6.10 Å². The topological polar surface area (TPSA) is 32.3 Å². The fraction of sp³-hybridized carbons (Fsp3) is 0.455. The first-order valence-corrected chi connectivity index (χ1v) is 6.22. The highest BCUT2D eigenvalue weighted by atomic mass is 79.9. The summed E-state index contributed by atoms with van der Waals surface area (Å²) in [5.41, 5.74) is 0.797. The molecule has 1 fully saturated rings. The van der Waals surface area contributed by atoms with Gasteiger partial charge in [-0.25, -0.2) is 0 Å². The molecule has 0 aromatic heterocycles. The van der Waals surface area contributed by atoms with Crippen molar-refractivity contribution in [1.29, 1.82) is 0 Å². The van der Waals surface area contributed by atoms with Gasteiger partial charge in [-0.05, 0) is 37.6 Å². The van der Waals surface area contributed by atoms with Crippen LogP contribution in [0.1, 0.15) is 24.5 Å². The van der Waals surface area contributed by atoms with Crippen molar-refractivity contribution in [3.8, 4) is 0 Å². The molecule has 2 atom stereocenters. The zero-order valence-electron chi connectivity index (χ0n) is 8.21. The van der Waals surface area contributed by atoms with Crippen molar-refractivity contribution in [2.45, 2.75) is 25.0 Å². The van der Waals surface area contributed by atoms with E-state index in [-0.39, 0.29) is 6.04 Å². The van der Waals surface area contributed by atoms with Crippen molar-refractivity contribution in [2.24, 2.45) is 0 Å². The molecule has 0 amide bonds. The number of benzene rings is 1. The molecule has 4 heteroatoms. The van der Waals surface area contributed by atoms with Crippen LogP contribution in [0.3, 0.4) is 0 Å². The van der Waals surface area contributed by atoms with E-state index in [1.165, 1.54) is 0 Å². The third kappa shape index (κ3) is 2.53. The fourth-order valence-electron chi connectivity index (χ4n) is 1.94. The van der Waals surface area contributed by atoms with Crippen LogP contribution in [-0.2, 0) is 0 Å². The average Bonchev–Trinajstić information content (AvgIpc) is 2.74. The summed E-state index contributed by atoms with van der Waals surface area (Å²) in [6, 6.07) is 5.70. The molecule has 0 saturated carbocycles. The molecule has 2 unspecified atom stereocenters. The van der Waals surface area contributed by atoms with E-state index >= 15 is 0 Å². The molecule has 1 aromatic rings. The molecule has 0 aliphatic carbocycles. The number of aliphatic hydroxyl groups excluding tert-OH is 1. The molecule has 0 radical (unpaired) electrons. The third-order valence-electron chi connectivity index (χ3n) is 2.76. The lowest BCUT2D eigenvalue weighted by molar-refractivity contribution is 0.137. The summed E-state index contributed by atoms with van der Waals surface area (Å²) in [6.45, 7) is 0.980. The number of hydrogen-bond donors (Lipinski definition) is 2. The Balaban J connectivity index is 2.23. The maximum Gasteiger partial charge on any atom is 0.0957 e. The van der Waals surface area contributed by atoms with Crippen molar-refractivity contribution in [2.75, 3.05) is 6.54 Å². The van der Waals surface area contributed by atoms with E-state index in [1.54, 1.807) is 6.07 Å². The van der Waals surface area contributed by atoms with Crippen molar-refractivity contribution < 1.29 is 5.11 Å². The predicted octanol–water partition coefficient (Wildman–Crippen LogP) is 2.89. The molecule has 1 aliphatic heterocycles. The van der Waals surface area contributed by atoms with Gasteiger partial charge in [-0.3, -0.25) is 0 Å². The Morgan fingerprint density at radius 2 is 2.33 bits per heavy atom. The quantitative estimate of drug-likeness (QED) is 0.878. The Labute approximate surface area is 103 Å². The maximum atomic E-state index is 10.2. The van der Waals surface area contributed by atoms with Crippen LogP contribution < -0.4 is 5.32 Å². The van der Waals surface area contributed by atoms with Crippen LogP contribution in [0.4, 0.5) is 0 Å². The van der Waals surface area contributed by atoms with Crippen LogP contribution in [0, 0.1) is 0 Å². The molecule has 1 aliphatic rings. The third-order valence-corrected chi connectivity index (χ3v) is 3.59. The lowest BCUT2D eigenvalue weighted by Gasteiger charge is -2.19. The molecule has 1 aromatic carbocycles. The first kappa shape index (κ1) is 11.4. The Morgan fingerprint density at radius 3 is 3.00 bits per heavy atom. The van der Waals surface area contributed by atoms with E-state index in [0.29, 0.717) is 5.02 Å². The van der Waals surface area contributed by atoms with Crippen LogP contribution in [0.25, 0.3) is 0 Å². The summed E-state index contributed by atoms with van der Waals surface area (Å²) in [4.78, 5) is 0. The summed E-state index contributed by atoms with van der Waals surface area (Å²) < 4.78 is 0.943. The molecule has 82 valence electrons. The minimum atomic E-state index is -0.516. The average molecular weight is 291 g/mol. The van der Waals surface area contributed by atoms with Crippen molar-refractivity contribution in [3.05, 3.63) is 33.3 Å². The molecule has 0 bridgehead atoms. The van der Waals surface area contributed by atoms with Crippen LogP contribution in [-0.4, -0.2) is 17.7 Å². The van der Waals surface area contributed by atoms with Gasteiger partial charge in [0.1, 0.15) is 0 Å². The molecule has 1 saturated heterocycles. The number of rotatable bonds is 2. The molecule has 2 rings (SSSR count). The normalized spacial score (nSPS) is 23.0. The first-order valence-electron chi connectivity index (χ1n) is 5.05. The number of aliphatic hydroxyl groups is 1. The monoisotopic (exact) mass is 289 g/mol. The second-order valence-corrected chi connectivity index (χ2v) is 5.14. The zero-order chi connectivity index (χ0) is 10.8.